The number of aliphatic hydroxyl groups is 1. The smallest absolute Gasteiger partial charge is 0.194 e. The molecule has 15 heavy (non-hydrogen) atoms. The lowest BCUT2D eigenvalue weighted by molar-refractivity contribution is 0.283. The van der Waals surface area contributed by atoms with E-state index in [4.69, 9.17) is 9.52 Å². The molecule has 1 aliphatic heterocycles. The summed E-state index contributed by atoms with van der Waals surface area (Å²) >= 11 is 0. The third-order valence-corrected chi connectivity index (χ3v) is 2.83. The number of aliphatic hydroxyl groups excluding tert-OH is 1. The molecule has 4 nitrogen and oxygen atoms in total. The second-order valence-corrected chi connectivity index (χ2v) is 4.04. The first kappa shape index (κ1) is 10.6. The van der Waals surface area contributed by atoms with E-state index < -0.39 is 0 Å². The van der Waals surface area contributed by atoms with Crippen molar-refractivity contribution in [2.75, 3.05) is 19.7 Å². The minimum atomic E-state index is 0.197. The van der Waals surface area contributed by atoms with Crippen molar-refractivity contribution in [1.29, 1.82) is 0 Å². The van der Waals surface area contributed by atoms with E-state index in [1.54, 1.807) is 6.26 Å². The highest BCUT2D eigenvalue weighted by molar-refractivity contribution is 5.06. The number of hydrogen-bond acceptors (Lipinski definition) is 4. The lowest BCUT2D eigenvalue weighted by Crippen LogP contribution is -2.28. The molecule has 4 heteroatoms. The van der Waals surface area contributed by atoms with Crippen molar-refractivity contribution in [3.63, 3.8) is 0 Å². The molecule has 0 spiro atoms. The van der Waals surface area contributed by atoms with Gasteiger partial charge in [-0.15, -0.1) is 0 Å². The molecule has 1 aromatic heterocycles. The van der Waals surface area contributed by atoms with Gasteiger partial charge in [0.2, 0.25) is 0 Å². The summed E-state index contributed by atoms with van der Waals surface area (Å²) in [6.45, 7) is 2.32. The zero-order chi connectivity index (χ0) is 10.5. The van der Waals surface area contributed by atoms with Gasteiger partial charge < -0.3 is 14.8 Å². The molecule has 2 rings (SSSR count). The van der Waals surface area contributed by atoms with Crippen LogP contribution in [0.25, 0.3) is 0 Å². The number of rotatable bonds is 4. The normalized spacial score (nSPS) is 21.8. The van der Waals surface area contributed by atoms with Crippen LogP contribution in [-0.4, -0.2) is 29.8 Å². The molecule has 0 bridgehead atoms. The molecule has 1 aliphatic rings. The van der Waals surface area contributed by atoms with Crippen molar-refractivity contribution in [2.45, 2.75) is 31.6 Å². The molecule has 84 valence electrons. The lowest BCUT2D eigenvalue weighted by Gasteiger charge is -2.20. The zero-order valence-corrected chi connectivity index (χ0v) is 8.91. The van der Waals surface area contributed by atoms with E-state index in [1.807, 2.05) is 0 Å². The van der Waals surface area contributed by atoms with Gasteiger partial charge >= 0.3 is 0 Å². The van der Waals surface area contributed by atoms with E-state index in [0.717, 1.165) is 37.5 Å². The molecule has 1 saturated heterocycles. The fourth-order valence-corrected chi connectivity index (χ4v) is 1.96. The Balaban J connectivity index is 1.93. The molecule has 0 aliphatic carbocycles. The Bertz CT molecular complexity index is 293. The summed E-state index contributed by atoms with van der Waals surface area (Å²) in [5, 5.41) is 12.1. The van der Waals surface area contributed by atoms with Gasteiger partial charge in [0.1, 0.15) is 6.26 Å². The fourth-order valence-electron chi connectivity index (χ4n) is 1.96. The van der Waals surface area contributed by atoms with Crippen molar-refractivity contribution < 1.29 is 9.52 Å². The summed E-state index contributed by atoms with van der Waals surface area (Å²) in [7, 11) is 0. The molecular formula is C11H18N2O2. The molecule has 1 atom stereocenters. The zero-order valence-electron chi connectivity index (χ0n) is 8.91. The van der Waals surface area contributed by atoms with Crippen LogP contribution in [0.2, 0.25) is 0 Å². The average Bonchev–Trinajstić information content (AvgIpc) is 2.76. The van der Waals surface area contributed by atoms with Crippen LogP contribution in [0.5, 0.6) is 0 Å². The first-order valence-corrected chi connectivity index (χ1v) is 5.66. The Labute approximate surface area is 89.7 Å². The minimum Gasteiger partial charge on any atom is -0.449 e. The van der Waals surface area contributed by atoms with E-state index in [9.17, 15) is 0 Å². The highest BCUT2D eigenvalue weighted by Crippen LogP contribution is 2.22. The van der Waals surface area contributed by atoms with Crippen LogP contribution >= 0.6 is 0 Å². The maximum absolute atomic E-state index is 8.70. The van der Waals surface area contributed by atoms with Crippen LogP contribution in [0.4, 0.5) is 0 Å². The average molecular weight is 210 g/mol. The molecule has 0 amide bonds. The van der Waals surface area contributed by atoms with Crippen LogP contribution in [-0.2, 0) is 6.42 Å². The second-order valence-electron chi connectivity index (χ2n) is 4.04. The van der Waals surface area contributed by atoms with Gasteiger partial charge in [-0.25, -0.2) is 4.98 Å². The van der Waals surface area contributed by atoms with E-state index in [0.29, 0.717) is 5.92 Å². The summed E-state index contributed by atoms with van der Waals surface area (Å²) in [6, 6.07) is 0. The van der Waals surface area contributed by atoms with Gasteiger partial charge in [-0.2, -0.15) is 0 Å². The van der Waals surface area contributed by atoms with Crippen LogP contribution < -0.4 is 5.32 Å². The predicted molar refractivity (Wildman–Crippen MR) is 56.8 cm³/mol. The number of nitrogens with one attached hydrogen (secondary N) is 1. The van der Waals surface area contributed by atoms with Gasteiger partial charge in [-0.05, 0) is 25.8 Å². The van der Waals surface area contributed by atoms with Gasteiger partial charge in [0.15, 0.2) is 5.89 Å². The summed E-state index contributed by atoms with van der Waals surface area (Å²) in [4.78, 5) is 4.45. The number of oxazole rings is 1. The molecule has 2 heterocycles. The molecule has 0 saturated carbocycles. The Morgan fingerprint density at radius 3 is 3.27 bits per heavy atom. The first-order chi connectivity index (χ1) is 7.40. The summed E-state index contributed by atoms with van der Waals surface area (Å²) < 4.78 is 5.37. The van der Waals surface area contributed by atoms with E-state index in [1.165, 1.54) is 12.8 Å². The van der Waals surface area contributed by atoms with Crippen LogP contribution in [0.1, 0.15) is 36.8 Å². The molecule has 0 aromatic carbocycles. The Morgan fingerprint density at radius 2 is 2.53 bits per heavy atom. The van der Waals surface area contributed by atoms with Crippen LogP contribution in [0.15, 0.2) is 10.7 Å². The molecule has 2 N–H and O–H groups in total. The standard InChI is InChI=1S/C11H18N2O2/c14-6-2-4-11-13-10(8-15-11)9-3-1-5-12-7-9/h8-9,12,14H,1-7H2. The summed E-state index contributed by atoms with van der Waals surface area (Å²) in [5.41, 5.74) is 1.06. The molecule has 1 unspecified atom stereocenters. The van der Waals surface area contributed by atoms with Crippen molar-refractivity contribution in [1.82, 2.24) is 10.3 Å². The van der Waals surface area contributed by atoms with Crippen molar-refractivity contribution >= 4 is 0 Å². The quantitative estimate of drug-likeness (QED) is 0.780. The highest BCUT2D eigenvalue weighted by Gasteiger charge is 2.18. The Morgan fingerprint density at radius 1 is 1.60 bits per heavy atom. The monoisotopic (exact) mass is 210 g/mol. The van der Waals surface area contributed by atoms with Crippen molar-refractivity contribution in [2.24, 2.45) is 0 Å². The topological polar surface area (TPSA) is 58.3 Å². The van der Waals surface area contributed by atoms with E-state index >= 15 is 0 Å². The molecule has 1 fully saturated rings. The summed E-state index contributed by atoms with van der Waals surface area (Å²) in [5.74, 6) is 1.26. The third kappa shape index (κ3) is 2.79. The second kappa shape index (κ2) is 5.28. The SMILES string of the molecule is OCCCc1nc(C2CCCNC2)co1. The molecule has 1 aromatic rings. The van der Waals surface area contributed by atoms with Crippen LogP contribution in [0, 0.1) is 0 Å². The number of aryl methyl sites for hydroxylation is 1. The van der Waals surface area contributed by atoms with Gasteiger partial charge in [0, 0.05) is 25.5 Å². The number of piperidine rings is 1. The Kier molecular flexibility index (Phi) is 3.75. The maximum Gasteiger partial charge on any atom is 0.194 e. The molecular weight excluding hydrogens is 192 g/mol. The van der Waals surface area contributed by atoms with Crippen molar-refractivity contribution in [3.05, 3.63) is 17.8 Å². The lowest BCUT2D eigenvalue weighted by atomic mass is 9.97. The minimum absolute atomic E-state index is 0.197. The molecule has 0 radical (unpaired) electrons. The van der Waals surface area contributed by atoms with Crippen molar-refractivity contribution in [3.8, 4) is 0 Å². The highest BCUT2D eigenvalue weighted by atomic mass is 16.3. The third-order valence-electron chi connectivity index (χ3n) is 2.83. The van der Waals surface area contributed by atoms with Crippen LogP contribution in [0.3, 0.4) is 0 Å². The first-order valence-electron chi connectivity index (χ1n) is 5.66. The van der Waals surface area contributed by atoms with Gasteiger partial charge in [-0.1, -0.05) is 0 Å². The van der Waals surface area contributed by atoms with Gasteiger partial charge in [-0.3, -0.25) is 0 Å². The largest absolute Gasteiger partial charge is 0.449 e. The number of nitrogens with zero attached hydrogens (tertiary/aromatic N) is 1. The number of aromatic nitrogens is 1. The van der Waals surface area contributed by atoms with Gasteiger partial charge in [0.05, 0.1) is 5.69 Å². The van der Waals surface area contributed by atoms with E-state index in [2.05, 4.69) is 10.3 Å². The maximum atomic E-state index is 8.70. The number of hydrogen-bond donors (Lipinski definition) is 2. The fraction of sp³-hybridized carbons (Fsp3) is 0.727. The van der Waals surface area contributed by atoms with E-state index in [-0.39, 0.29) is 6.61 Å². The summed E-state index contributed by atoms with van der Waals surface area (Å²) in [6.07, 6.45) is 5.63. The Hall–Kier alpha value is -0.870. The van der Waals surface area contributed by atoms with Gasteiger partial charge in [0.25, 0.3) is 0 Å². The predicted octanol–water partition coefficient (Wildman–Crippen LogP) is 1.07.